The fraction of sp³-hybridized carbons (Fsp3) is 0.308. The molecule has 2 nitrogen and oxygen atoms in total. The smallest absolute Gasteiger partial charge is 0.134 e. The van der Waals surface area contributed by atoms with Gasteiger partial charge in [0.05, 0.1) is 5.60 Å². The third-order valence-electron chi connectivity index (χ3n) is 6.01. The van der Waals surface area contributed by atoms with Crippen molar-refractivity contribution in [1.82, 2.24) is 0 Å². The first-order chi connectivity index (χ1) is 13.7. The van der Waals surface area contributed by atoms with E-state index in [2.05, 4.69) is 30.3 Å². The second kappa shape index (κ2) is 8.20. The molecule has 0 radical (unpaired) electrons. The van der Waals surface area contributed by atoms with Crippen LogP contribution in [0.3, 0.4) is 0 Å². The summed E-state index contributed by atoms with van der Waals surface area (Å²) < 4.78 is 6.22. The monoisotopic (exact) mass is 372 g/mol. The van der Waals surface area contributed by atoms with Gasteiger partial charge in [0.1, 0.15) is 11.4 Å². The van der Waals surface area contributed by atoms with Crippen LogP contribution in [-0.2, 0) is 11.2 Å². The molecule has 0 aliphatic heterocycles. The van der Waals surface area contributed by atoms with E-state index in [1.165, 1.54) is 12.0 Å². The number of rotatable bonds is 4. The van der Waals surface area contributed by atoms with Crippen molar-refractivity contribution in [3.05, 3.63) is 102 Å². The molecule has 2 aliphatic carbocycles. The van der Waals surface area contributed by atoms with Gasteiger partial charge in [0.2, 0.25) is 0 Å². The summed E-state index contributed by atoms with van der Waals surface area (Å²) in [6, 6.07) is 30.6. The van der Waals surface area contributed by atoms with Crippen molar-refractivity contribution in [2.75, 3.05) is 0 Å². The van der Waals surface area contributed by atoms with Crippen LogP contribution in [0.4, 0.5) is 0 Å². The molecule has 144 valence electrons. The van der Waals surface area contributed by atoms with Gasteiger partial charge >= 0.3 is 0 Å². The van der Waals surface area contributed by atoms with E-state index >= 15 is 0 Å². The summed E-state index contributed by atoms with van der Waals surface area (Å²) in [4.78, 5) is 0. The SMILES string of the molecule is OC1(c2ccccc2)CCC1.c1ccc(OC2(c3ccccc3)CCC2)cc1. The van der Waals surface area contributed by atoms with E-state index in [-0.39, 0.29) is 5.60 Å². The van der Waals surface area contributed by atoms with Crippen LogP contribution in [0.15, 0.2) is 91.0 Å². The maximum absolute atomic E-state index is 9.88. The van der Waals surface area contributed by atoms with E-state index in [1.54, 1.807) is 0 Å². The Balaban J connectivity index is 0.000000151. The Morgan fingerprint density at radius 3 is 1.46 bits per heavy atom. The quantitative estimate of drug-likeness (QED) is 0.590. The first kappa shape index (κ1) is 18.8. The Labute approximate surface area is 167 Å². The van der Waals surface area contributed by atoms with E-state index in [0.29, 0.717) is 0 Å². The molecule has 2 aliphatic rings. The minimum absolute atomic E-state index is 0.0807. The van der Waals surface area contributed by atoms with Crippen LogP contribution in [0.5, 0.6) is 5.75 Å². The number of aliphatic hydroxyl groups is 1. The van der Waals surface area contributed by atoms with E-state index in [1.807, 2.05) is 60.7 Å². The van der Waals surface area contributed by atoms with Gasteiger partial charge in [-0.05, 0) is 61.8 Å². The Kier molecular flexibility index (Phi) is 5.50. The largest absolute Gasteiger partial charge is 0.483 e. The molecule has 3 aromatic carbocycles. The van der Waals surface area contributed by atoms with Crippen molar-refractivity contribution >= 4 is 0 Å². The third kappa shape index (κ3) is 3.98. The lowest BCUT2D eigenvalue weighted by Gasteiger charge is -2.42. The van der Waals surface area contributed by atoms with E-state index < -0.39 is 5.60 Å². The van der Waals surface area contributed by atoms with Crippen molar-refractivity contribution in [2.45, 2.75) is 49.7 Å². The third-order valence-corrected chi connectivity index (χ3v) is 6.01. The molecule has 2 heteroatoms. The van der Waals surface area contributed by atoms with Gasteiger partial charge in [-0.25, -0.2) is 0 Å². The second-order valence-electron chi connectivity index (χ2n) is 7.88. The first-order valence-electron chi connectivity index (χ1n) is 10.3. The highest BCUT2D eigenvalue weighted by Crippen LogP contribution is 2.45. The molecule has 0 atom stereocenters. The molecule has 0 unspecified atom stereocenters. The lowest BCUT2D eigenvalue weighted by molar-refractivity contribution is -0.0387. The van der Waals surface area contributed by atoms with E-state index in [0.717, 1.165) is 43.4 Å². The summed E-state index contributed by atoms with van der Waals surface area (Å²) in [6.07, 6.45) is 6.50. The van der Waals surface area contributed by atoms with Gasteiger partial charge in [-0.3, -0.25) is 0 Å². The molecule has 3 aromatic rings. The zero-order valence-corrected chi connectivity index (χ0v) is 16.3. The molecule has 2 saturated carbocycles. The lowest BCUT2D eigenvalue weighted by Crippen LogP contribution is -2.40. The molecule has 28 heavy (non-hydrogen) atoms. The summed E-state index contributed by atoms with van der Waals surface area (Å²) >= 11 is 0. The van der Waals surface area contributed by atoms with Crippen LogP contribution in [0, 0.1) is 0 Å². The van der Waals surface area contributed by atoms with Gasteiger partial charge < -0.3 is 9.84 Å². The average Bonchev–Trinajstić information content (AvgIpc) is 2.71. The lowest BCUT2D eigenvalue weighted by atomic mass is 9.75. The fourth-order valence-electron chi connectivity index (χ4n) is 3.95. The highest BCUT2D eigenvalue weighted by atomic mass is 16.5. The second-order valence-corrected chi connectivity index (χ2v) is 7.88. The molecule has 0 saturated heterocycles. The first-order valence-corrected chi connectivity index (χ1v) is 10.3. The maximum Gasteiger partial charge on any atom is 0.134 e. The van der Waals surface area contributed by atoms with Gasteiger partial charge in [0, 0.05) is 0 Å². The Morgan fingerprint density at radius 2 is 1.04 bits per heavy atom. The minimum Gasteiger partial charge on any atom is -0.483 e. The Bertz CT molecular complexity index is 851. The van der Waals surface area contributed by atoms with Crippen LogP contribution in [0.1, 0.15) is 49.7 Å². The molecule has 0 aromatic heterocycles. The number of ether oxygens (including phenoxy) is 1. The van der Waals surface area contributed by atoms with Crippen LogP contribution in [-0.4, -0.2) is 5.11 Å². The number of para-hydroxylation sites is 1. The van der Waals surface area contributed by atoms with Gasteiger partial charge in [-0.15, -0.1) is 0 Å². The number of hydrogen-bond donors (Lipinski definition) is 1. The molecule has 1 N–H and O–H groups in total. The summed E-state index contributed by atoms with van der Waals surface area (Å²) in [5, 5.41) is 9.88. The Hall–Kier alpha value is -2.58. The van der Waals surface area contributed by atoms with Crippen LogP contribution < -0.4 is 4.74 Å². The van der Waals surface area contributed by atoms with Crippen molar-refractivity contribution < 1.29 is 9.84 Å². The van der Waals surface area contributed by atoms with Crippen LogP contribution >= 0.6 is 0 Å². The molecule has 0 heterocycles. The van der Waals surface area contributed by atoms with Gasteiger partial charge in [0.15, 0.2) is 0 Å². The van der Waals surface area contributed by atoms with Gasteiger partial charge in [-0.2, -0.15) is 0 Å². The maximum atomic E-state index is 9.88. The number of benzene rings is 3. The predicted octanol–water partition coefficient (Wildman–Crippen LogP) is 6.20. The van der Waals surface area contributed by atoms with Crippen molar-refractivity contribution in [3.63, 3.8) is 0 Å². The van der Waals surface area contributed by atoms with Crippen molar-refractivity contribution in [1.29, 1.82) is 0 Å². The van der Waals surface area contributed by atoms with Crippen LogP contribution in [0.2, 0.25) is 0 Å². The summed E-state index contributed by atoms with van der Waals surface area (Å²) in [6.45, 7) is 0. The molecular weight excluding hydrogens is 344 g/mol. The minimum atomic E-state index is -0.485. The number of hydrogen-bond acceptors (Lipinski definition) is 2. The van der Waals surface area contributed by atoms with Crippen molar-refractivity contribution in [2.24, 2.45) is 0 Å². The van der Waals surface area contributed by atoms with Crippen LogP contribution in [0.25, 0.3) is 0 Å². The van der Waals surface area contributed by atoms with Gasteiger partial charge in [-0.1, -0.05) is 78.9 Å². The fourth-order valence-corrected chi connectivity index (χ4v) is 3.95. The van der Waals surface area contributed by atoms with Gasteiger partial charge in [0.25, 0.3) is 0 Å². The molecule has 0 amide bonds. The van der Waals surface area contributed by atoms with E-state index in [9.17, 15) is 5.11 Å². The highest BCUT2D eigenvalue weighted by Gasteiger charge is 2.41. The average molecular weight is 373 g/mol. The molecule has 0 bridgehead atoms. The standard InChI is InChI=1S/C16H16O.C10H12O/c1-3-8-14(9-4-1)16(12-7-13-16)17-15-10-5-2-6-11-15;11-10(7-4-8-10)9-5-2-1-3-6-9/h1-6,8-11H,7,12-13H2;1-3,5-6,11H,4,7-8H2. The topological polar surface area (TPSA) is 29.5 Å². The summed E-state index contributed by atoms with van der Waals surface area (Å²) in [7, 11) is 0. The molecule has 0 spiro atoms. The summed E-state index contributed by atoms with van der Waals surface area (Å²) in [5.41, 5.74) is 1.81. The summed E-state index contributed by atoms with van der Waals surface area (Å²) in [5.74, 6) is 0.969. The van der Waals surface area contributed by atoms with Crippen molar-refractivity contribution in [3.8, 4) is 5.75 Å². The predicted molar refractivity (Wildman–Crippen MR) is 113 cm³/mol. The molecular formula is C26H28O2. The molecule has 5 rings (SSSR count). The van der Waals surface area contributed by atoms with E-state index in [4.69, 9.17) is 4.74 Å². The Morgan fingerprint density at radius 1 is 0.571 bits per heavy atom. The zero-order valence-electron chi connectivity index (χ0n) is 16.3. The highest BCUT2D eigenvalue weighted by molar-refractivity contribution is 5.29. The normalized spacial score (nSPS) is 18.6. The molecule has 2 fully saturated rings. The zero-order chi connectivity index (χ0) is 19.3.